The van der Waals surface area contributed by atoms with Crippen molar-refractivity contribution >= 4 is 17.7 Å². The van der Waals surface area contributed by atoms with Crippen LogP contribution in [0.3, 0.4) is 0 Å². The van der Waals surface area contributed by atoms with Gasteiger partial charge in [0.05, 0.1) is 11.8 Å². The van der Waals surface area contributed by atoms with Gasteiger partial charge in [-0.05, 0) is 13.0 Å². The van der Waals surface area contributed by atoms with E-state index in [0.717, 1.165) is 11.3 Å². The minimum Gasteiger partial charge on any atom is -0.469 e. The maximum atomic E-state index is 11.0. The summed E-state index contributed by atoms with van der Waals surface area (Å²) in [7, 11) is 1.61. The van der Waals surface area contributed by atoms with Crippen molar-refractivity contribution in [1.82, 2.24) is 15.5 Å². The molecule has 0 aromatic carbocycles. The lowest BCUT2D eigenvalue weighted by Crippen LogP contribution is -2.17. The van der Waals surface area contributed by atoms with E-state index in [0.29, 0.717) is 23.3 Å². The number of nitrogens with one attached hydrogen (secondary N) is 1. The summed E-state index contributed by atoms with van der Waals surface area (Å²) in [6, 6.07) is 1.78. The molecule has 1 amide bonds. The van der Waals surface area contributed by atoms with Crippen LogP contribution in [0.25, 0.3) is 11.5 Å². The van der Waals surface area contributed by atoms with E-state index in [-0.39, 0.29) is 5.91 Å². The quantitative estimate of drug-likeness (QED) is 0.833. The van der Waals surface area contributed by atoms with E-state index in [4.69, 9.17) is 8.83 Å². The molecule has 1 N–H and O–H groups in total. The van der Waals surface area contributed by atoms with Crippen molar-refractivity contribution in [2.75, 3.05) is 12.8 Å². The van der Waals surface area contributed by atoms with Crippen molar-refractivity contribution < 1.29 is 13.6 Å². The van der Waals surface area contributed by atoms with Crippen molar-refractivity contribution in [2.45, 2.75) is 18.6 Å². The summed E-state index contributed by atoms with van der Waals surface area (Å²) in [6.45, 7) is 1.83. The summed E-state index contributed by atoms with van der Waals surface area (Å²) in [4.78, 5) is 11.0. The second-order valence-corrected chi connectivity index (χ2v) is 4.58. The Kier molecular flexibility index (Phi) is 4.03. The number of furan rings is 1. The summed E-state index contributed by atoms with van der Waals surface area (Å²) in [6.07, 6.45) is 2.00. The van der Waals surface area contributed by atoms with Crippen LogP contribution in [0.15, 0.2) is 26.4 Å². The van der Waals surface area contributed by atoms with Crippen molar-refractivity contribution in [3.05, 3.63) is 18.1 Å². The van der Waals surface area contributed by atoms with Crippen molar-refractivity contribution in [1.29, 1.82) is 0 Å². The monoisotopic (exact) mass is 267 g/mol. The smallest absolute Gasteiger partial charge is 0.276 e. The van der Waals surface area contributed by atoms with Gasteiger partial charge >= 0.3 is 0 Å². The van der Waals surface area contributed by atoms with Gasteiger partial charge < -0.3 is 14.2 Å². The average Bonchev–Trinajstić information content (AvgIpc) is 2.97. The van der Waals surface area contributed by atoms with Gasteiger partial charge in [0.1, 0.15) is 5.76 Å². The Hall–Kier alpha value is -1.76. The van der Waals surface area contributed by atoms with Crippen LogP contribution in [0.5, 0.6) is 0 Å². The Balaban J connectivity index is 1.95. The molecule has 0 aliphatic carbocycles. The number of amides is 1. The number of hydrogen-bond donors (Lipinski definition) is 1. The van der Waals surface area contributed by atoms with Gasteiger partial charge in [-0.15, -0.1) is 10.2 Å². The van der Waals surface area contributed by atoms with Gasteiger partial charge in [-0.25, -0.2) is 0 Å². The fourth-order valence-corrected chi connectivity index (χ4v) is 2.04. The van der Waals surface area contributed by atoms with Crippen molar-refractivity contribution in [2.24, 2.45) is 0 Å². The molecule has 0 bridgehead atoms. The Bertz CT molecular complexity index is 535. The van der Waals surface area contributed by atoms with Crippen LogP contribution in [0, 0.1) is 6.92 Å². The highest BCUT2D eigenvalue weighted by Gasteiger charge is 2.13. The molecule has 2 aromatic heterocycles. The van der Waals surface area contributed by atoms with E-state index in [1.54, 1.807) is 19.4 Å². The number of carbonyl (C=O) groups is 1. The average molecular weight is 267 g/mol. The highest BCUT2D eigenvalue weighted by Crippen LogP contribution is 2.26. The first-order chi connectivity index (χ1) is 8.70. The van der Waals surface area contributed by atoms with Gasteiger partial charge in [0, 0.05) is 19.2 Å². The molecule has 0 saturated heterocycles. The number of thioether (sulfide) groups is 1. The first-order valence-corrected chi connectivity index (χ1v) is 6.40. The van der Waals surface area contributed by atoms with Gasteiger partial charge in [-0.1, -0.05) is 11.8 Å². The van der Waals surface area contributed by atoms with Crippen molar-refractivity contribution in [3.63, 3.8) is 0 Å². The van der Waals surface area contributed by atoms with E-state index in [1.807, 2.05) is 6.92 Å². The molecular formula is C11H13N3O3S. The maximum absolute atomic E-state index is 11.0. The summed E-state index contributed by atoms with van der Waals surface area (Å²) in [5.41, 5.74) is 0.792. The number of nitrogens with zero attached hydrogens (tertiary/aromatic N) is 2. The lowest BCUT2D eigenvalue weighted by atomic mass is 10.3. The molecule has 0 aliphatic rings. The zero-order valence-corrected chi connectivity index (χ0v) is 10.9. The van der Waals surface area contributed by atoms with E-state index in [1.165, 1.54) is 11.8 Å². The third-order valence-corrected chi connectivity index (χ3v) is 3.15. The van der Waals surface area contributed by atoms with Gasteiger partial charge in [-0.3, -0.25) is 4.79 Å². The largest absolute Gasteiger partial charge is 0.469 e. The Morgan fingerprint density at radius 2 is 2.33 bits per heavy atom. The molecule has 0 aliphatic heterocycles. The molecule has 2 aromatic rings. The number of carbonyl (C=O) groups excluding carboxylic acids is 1. The number of hydrogen-bond acceptors (Lipinski definition) is 6. The predicted octanol–water partition coefficient (Wildman–Crippen LogP) is 1.87. The number of rotatable bonds is 5. The number of aryl methyl sites for hydroxylation is 1. The molecule has 0 fully saturated rings. The normalized spacial score (nSPS) is 10.6. The van der Waals surface area contributed by atoms with Gasteiger partial charge in [0.2, 0.25) is 5.91 Å². The van der Waals surface area contributed by atoms with Crippen LogP contribution >= 0.6 is 11.8 Å². The molecule has 2 rings (SSSR count). The Labute approximate surface area is 108 Å². The summed E-state index contributed by atoms with van der Waals surface area (Å²) in [5.74, 6) is 1.77. The topological polar surface area (TPSA) is 81.2 Å². The molecule has 96 valence electrons. The second-order valence-electron chi connectivity index (χ2n) is 3.54. The summed E-state index contributed by atoms with van der Waals surface area (Å²) < 4.78 is 10.6. The minimum absolute atomic E-state index is 0.00656. The molecule has 0 radical (unpaired) electrons. The number of aromatic nitrogens is 2. The van der Waals surface area contributed by atoms with E-state index in [9.17, 15) is 4.79 Å². The molecule has 7 heteroatoms. The summed E-state index contributed by atoms with van der Waals surface area (Å²) >= 11 is 1.36. The Morgan fingerprint density at radius 3 is 3.00 bits per heavy atom. The Morgan fingerprint density at radius 1 is 1.50 bits per heavy atom. The van der Waals surface area contributed by atoms with Crippen LogP contribution in [-0.4, -0.2) is 28.9 Å². The van der Waals surface area contributed by atoms with Crippen LogP contribution in [0.4, 0.5) is 0 Å². The molecule has 2 heterocycles. The minimum atomic E-state index is -0.00656. The SMILES string of the molecule is CNC(=O)CCSc1nnc(-c2ccoc2C)o1. The van der Waals surface area contributed by atoms with Gasteiger partial charge in [-0.2, -0.15) is 0 Å². The molecule has 0 unspecified atom stereocenters. The highest BCUT2D eigenvalue weighted by atomic mass is 32.2. The van der Waals surface area contributed by atoms with E-state index in [2.05, 4.69) is 15.5 Å². The molecule has 0 spiro atoms. The van der Waals surface area contributed by atoms with Gasteiger partial charge in [0.15, 0.2) is 0 Å². The first-order valence-electron chi connectivity index (χ1n) is 5.42. The molecule has 0 saturated carbocycles. The molecule has 18 heavy (non-hydrogen) atoms. The zero-order valence-electron chi connectivity index (χ0n) is 10.1. The highest BCUT2D eigenvalue weighted by molar-refractivity contribution is 7.99. The third-order valence-electron chi connectivity index (χ3n) is 2.33. The fourth-order valence-electron chi connectivity index (χ4n) is 1.34. The van der Waals surface area contributed by atoms with E-state index >= 15 is 0 Å². The van der Waals surface area contributed by atoms with Crippen LogP contribution in [0.2, 0.25) is 0 Å². The zero-order chi connectivity index (χ0) is 13.0. The molecule has 6 nitrogen and oxygen atoms in total. The fraction of sp³-hybridized carbons (Fsp3) is 0.364. The third kappa shape index (κ3) is 2.92. The standard InChI is InChI=1S/C11H13N3O3S/c1-7-8(3-5-16-7)10-13-14-11(17-10)18-6-4-9(15)12-2/h3,5H,4,6H2,1-2H3,(H,12,15). The predicted molar refractivity (Wildman–Crippen MR) is 66.1 cm³/mol. The lowest BCUT2D eigenvalue weighted by Gasteiger charge is -1.96. The molecule has 0 atom stereocenters. The molecular weight excluding hydrogens is 254 g/mol. The van der Waals surface area contributed by atoms with Crippen molar-refractivity contribution in [3.8, 4) is 11.5 Å². The van der Waals surface area contributed by atoms with Crippen LogP contribution < -0.4 is 5.32 Å². The van der Waals surface area contributed by atoms with Gasteiger partial charge in [0.25, 0.3) is 11.1 Å². The first kappa shape index (κ1) is 12.7. The van der Waals surface area contributed by atoms with Crippen LogP contribution in [0.1, 0.15) is 12.2 Å². The summed E-state index contributed by atoms with van der Waals surface area (Å²) in [5, 5.41) is 10.9. The lowest BCUT2D eigenvalue weighted by molar-refractivity contribution is -0.120. The maximum Gasteiger partial charge on any atom is 0.276 e. The van der Waals surface area contributed by atoms with E-state index < -0.39 is 0 Å². The van der Waals surface area contributed by atoms with Crippen LogP contribution in [-0.2, 0) is 4.79 Å². The second kappa shape index (κ2) is 5.72.